The van der Waals surface area contributed by atoms with Gasteiger partial charge in [0.1, 0.15) is 6.17 Å². The van der Waals surface area contributed by atoms with Gasteiger partial charge >= 0.3 is 5.97 Å². The van der Waals surface area contributed by atoms with Crippen molar-refractivity contribution in [2.75, 3.05) is 6.67 Å². The lowest BCUT2D eigenvalue weighted by Crippen LogP contribution is -2.44. The maximum Gasteiger partial charge on any atom is 0.311 e. The number of rotatable bonds is 8. The Bertz CT molecular complexity index is 161. The van der Waals surface area contributed by atoms with Crippen LogP contribution < -0.4 is 0 Å². The molecule has 0 aromatic carbocycles. The van der Waals surface area contributed by atoms with E-state index in [0.717, 1.165) is 0 Å². The molecule has 0 aromatic rings. The summed E-state index contributed by atoms with van der Waals surface area (Å²) in [5, 5.41) is 25.0. The molecule has 0 spiro atoms. The van der Waals surface area contributed by atoms with Crippen molar-refractivity contribution in [3.05, 3.63) is 0 Å². The van der Waals surface area contributed by atoms with Gasteiger partial charge in [0.15, 0.2) is 0 Å². The van der Waals surface area contributed by atoms with Crippen LogP contribution in [0.5, 0.6) is 0 Å². The Morgan fingerprint density at radius 3 is 1.93 bits per heavy atom. The van der Waals surface area contributed by atoms with Gasteiger partial charge in [-0.25, -0.2) is 8.78 Å². The zero-order valence-electron chi connectivity index (χ0n) is 8.37. The Labute approximate surface area is 86.5 Å². The standard InChI is InChI=1S/C9H17F3O3/c10-6-4-2-1-3-5-7(11)8(12)9(13,14)15/h7-8,13-15H,1-6H2. The minimum atomic E-state index is -3.63. The molecule has 6 heteroatoms. The van der Waals surface area contributed by atoms with Crippen LogP contribution in [0.3, 0.4) is 0 Å². The van der Waals surface area contributed by atoms with Crippen LogP contribution in [-0.4, -0.2) is 40.3 Å². The summed E-state index contributed by atoms with van der Waals surface area (Å²) in [7, 11) is 0. The topological polar surface area (TPSA) is 60.7 Å². The van der Waals surface area contributed by atoms with E-state index < -0.39 is 25.0 Å². The molecule has 0 fully saturated rings. The Hall–Kier alpha value is -0.330. The first kappa shape index (κ1) is 14.7. The lowest BCUT2D eigenvalue weighted by atomic mass is 10.1. The van der Waals surface area contributed by atoms with Gasteiger partial charge in [-0.2, -0.15) is 0 Å². The molecule has 0 rings (SSSR count). The normalized spacial score (nSPS) is 16.4. The number of unbranched alkanes of at least 4 members (excludes halogenated alkanes) is 3. The third-order valence-electron chi connectivity index (χ3n) is 2.05. The first-order valence-electron chi connectivity index (χ1n) is 4.90. The van der Waals surface area contributed by atoms with Crippen LogP contribution in [0.25, 0.3) is 0 Å². The Kier molecular flexibility index (Phi) is 6.87. The third kappa shape index (κ3) is 6.70. The lowest BCUT2D eigenvalue weighted by molar-refractivity contribution is -0.349. The maximum absolute atomic E-state index is 12.9. The summed E-state index contributed by atoms with van der Waals surface area (Å²) in [4.78, 5) is 0. The molecule has 2 atom stereocenters. The zero-order valence-corrected chi connectivity index (χ0v) is 8.37. The molecule has 0 heterocycles. The average Bonchev–Trinajstić information content (AvgIpc) is 2.14. The summed E-state index contributed by atoms with van der Waals surface area (Å²) in [6, 6.07) is 0. The monoisotopic (exact) mass is 230 g/mol. The SMILES string of the molecule is OC(O)(O)C(F)C(F)CCCCCCF. The molecule has 0 aliphatic heterocycles. The fourth-order valence-electron chi connectivity index (χ4n) is 1.18. The van der Waals surface area contributed by atoms with Gasteiger partial charge in [0.25, 0.3) is 0 Å². The van der Waals surface area contributed by atoms with Gasteiger partial charge in [0.05, 0.1) is 6.67 Å². The van der Waals surface area contributed by atoms with Crippen LogP contribution in [0, 0.1) is 0 Å². The number of aliphatic hydroxyl groups is 3. The van der Waals surface area contributed by atoms with Crippen molar-refractivity contribution in [2.45, 2.75) is 50.4 Å². The highest BCUT2D eigenvalue weighted by Crippen LogP contribution is 2.19. The minimum absolute atomic E-state index is 0.225. The fraction of sp³-hybridized carbons (Fsp3) is 1.00. The smallest absolute Gasteiger partial charge is 0.311 e. The van der Waals surface area contributed by atoms with Gasteiger partial charge in [0.2, 0.25) is 6.17 Å². The highest BCUT2D eigenvalue weighted by atomic mass is 19.2. The highest BCUT2D eigenvalue weighted by molar-refractivity contribution is 4.74. The van der Waals surface area contributed by atoms with Crippen molar-refractivity contribution in [2.24, 2.45) is 0 Å². The first-order valence-corrected chi connectivity index (χ1v) is 4.90. The van der Waals surface area contributed by atoms with E-state index in [0.29, 0.717) is 25.7 Å². The molecule has 92 valence electrons. The van der Waals surface area contributed by atoms with Crippen molar-refractivity contribution < 1.29 is 28.5 Å². The van der Waals surface area contributed by atoms with E-state index in [9.17, 15) is 13.2 Å². The van der Waals surface area contributed by atoms with E-state index in [1.165, 1.54) is 0 Å². The second kappa shape index (κ2) is 7.03. The molecular formula is C9H17F3O3. The largest absolute Gasteiger partial charge is 0.341 e. The zero-order chi connectivity index (χ0) is 11.9. The molecule has 0 amide bonds. The van der Waals surface area contributed by atoms with Crippen molar-refractivity contribution in [1.29, 1.82) is 0 Å². The molecular weight excluding hydrogens is 213 g/mol. The molecule has 0 saturated heterocycles. The Morgan fingerprint density at radius 2 is 1.47 bits per heavy atom. The van der Waals surface area contributed by atoms with E-state index in [2.05, 4.69) is 0 Å². The van der Waals surface area contributed by atoms with Crippen molar-refractivity contribution in [1.82, 2.24) is 0 Å². The Morgan fingerprint density at radius 1 is 0.933 bits per heavy atom. The van der Waals surface area contributed by atoms with Gasteiger partial charge in [-0.1, -0.05) is 19.3 Å². The van der Waals surface area contributed by atoms with Crippen LogP contribution in [-0.2, 0) is 0 Å². The molecule has 15 heavy (non-hydrogen) atoms. The number of hydrogen-bond acceptors (Lipinski definition) is 3. The van der Waals surface area contributed by atoms with Crippen molar-refractivity contribution >= 4 is 0 Å². The van der Waals surface area contributed by atoms with E-state index in [-0.39, 0.29) is 6.42 Å². The fourth-order valence-corrected chi connectivity index (χ4v) is 1.18. The van der Waals surface area contributed by atoms with Crippen LogP contribution >= 0.6 is 0 Å². The molecule has 2 unspecified atom stereocenters. The summed E-state index contributed by atoms with van der Waals surface area (Å²) in [6.45, 7) is -0.433. The molecule has 0 aliphatic rings. The summed E-state index contributed by atoms with van der Waals surface area (Å²) < 4.78 is 37.2. The summed E-state index contributed by atoms with van der Waals surface area (Å²) >= 11 is 0. The lowest BCUT2D eigenvalue weighted by Gasteiger charge is -2.21. The van der Waals surface area contributed by atoms with Gasteiger partial charge in [-0.3, -0.25) is 4.39 Å². The molecule has 0 radical (unpaired) electrons. The van der Waals surface area contributed by atoms with Crippen LogP contribution in [0.4, 0.5) is 13.2 Å². The van der Waals surface area contributed by atoms with E-state index >= 15 is 0 Å². The van der Waals surface area contributed by atoms with Crippen LogP contribution in [0.1, 0.15) is 32.1 Å². The van der Waals surface area contributed by atoms with E-state index in [4.69, 9.17) is 15.3 Å². The van der Waals surface area contributed by atoms with Crippen molar-refractivity contribution in [3.8, 4) is 0 Å². The number of hydrogen-bond donors (Lipinski definition) is 3. The second-order valence-electron chi connectivity index (χ2n) is 3.50. The van der Waals surface area contributed by atoms with Crippen molar-refractivity contribution in [3.63, 3.8) is 0 Å². The molecule has 3 N–H and O–H groups in total. The molecule has 0 aliphatic carbocycles. The summed E-state index contributed by atoms with van der Waals surface area (Å²) in [5.74, 6) is -3.63. The van der Waals surface area contributed by atoms with E-state index in [1.807, 2.05) is 0 Å². The summed E-state index contributed by atoms with van der Waals surface area (Å²) in [5.41, 5.74) is 0. The first-order chi connectivity index (χ1) is 6.89. The predicted molar refractivity (Wildman–Crippen MR) is 48.2 cm³/mol. The minimum Gasteiger partial charge on any atom is -0.341 e. The summed E-state index contributed by atoms with van der Waals surface area (Å²) in [6.07, 6.45) is -3.25. The van der Waals surface area contributed by atoms with Gasteiger partial charge in [-0.05, 0) is 12.8 Å². The van der Waals surface area contributed by atoms with Gasteiger partial charge in [0, 0.05) is 0 Å². The molecule has 0 aromatic heterocycles. The highest BCUT2D eigenvalue weighted by Gasteiger charge is 2.39. The number of alkyl halides is 3. The second-order valence-corrected chi connectivity index (χ2v) is 3.50. The molecule has 3 nitrogen and oxygen atoms in total. The third-order valence-corrected chi connectivity index (χ3v) is 2.05. The average molecular weight is 230 g/mol. The van der Waals surface area contributed by atoms with Gasteiger partial charge in [-0.15, -0.1) is 0 Å². The predicted octanol–water partition coefficient (Wildman–Crippen LogP) is 1.21. The van der Waals surface area contributed by atoms with E-state index in [1.54, 1.807) is 0 Å². The molecule has 0 saturated carbocycles. The van der Waals surface area contributed by atoms with Crippen LogP contribution in [0.2, 0.25) is 0 Å². The van der Waals surface area contributed by atoms with Crippen LogP contribution in [0.15, 0.2) is 0 Å². The number of halogens is 3. The maximum atomic E-state index is 12.9. The molecule has 0 bridgehead atoms. The van der Waals surface area contributed by atoms with Gasteiger partial charge < -0.3 is 15.3 Å². The quantitative estimate of drug-likeness (QED) is 0.434. The Balaban J connectivity index is 3.60.